The Morgan fingerprint density at radius 3 is 2.25 bits per heavy atom. The molecule has 48 valence electrons. The molecule has 0 aromatic carbocycles. The zero-order valence-electron chi connectivity index (χ0n) is 5.83. The fourth-order valence-electron chi connectivity index (χ4n) is 1.21. The van der Waals surface area contributed by atoms with Crippen LogP contribution in [0.25, 0.3) is 0 Å². The molecular formula is C6H15NSi. The molecule has 0 atom stereocenters. The maximum atomic E-state index is 3.60. The summed E-state index contributed by atoms with van der Waals surface area (Å²) in [5, 5.41) is 0. The Labute approximate surface area is 52.6 Å². The second-order valence-corrected chi connectivity index (χ2v) is 7.89. The summed E-state index contributed by atoms with van der Waals surface area (Å²) in [6.45, 7) is 6.09. The highest BCUT2D eigenvalue weighted by Gasteiger charge is 2.21. The normalized spacial score (nSPS) is 27.8. The van der Waals surface area contributed by atoms with Gasteiger partial charge in [0.2, 0.25) is 0 Å². The Kier molecular flexibility index (Phi) is 1.73. The zero-order chi connectivity index (χ0) is 6.04. The Bertz CT molecular complexity index is 72.6. The largest absolute Gasteiger partial charge is 0.337 e. The molecule has 0 amide bonds. The van der Waals surface area contributed by atoms with Crippen molar-refractivity contribution in [2.24, 2.45) is 0 Å². The van der Waals surface area contributed by atoms with E-state index in [9.17, 15) is 0 Å². The van der Waals surface area contributed by atoms with E-state index in [0.717, 1.165) is 0 Å². The Morgan fingerprint density at radius 2 is 2.00 bits per heavy atom. The summed E-state index contributed by atoms with van der Waals surface area (Å²) in [5.41, 5.74) is 0. The minimum Gasteiger partial charge on any atom is -0.337 e. The van der Waals surface area contributed by atoms with Crippen molar-refractivity contribution < 1.29 is 0 Å². The Hall–Kier alpha value is 0.177. The summed E-state index contributed by atoms with van der Waals surface area (Å²) in [4.78, 5) is 3.60. The monoisotopic (exact) mass is 129 g/mol. The lowest BCUT2D eigenvalue weighted by atomic mass is 10.3. The van der Waals surface area contributed by atoms with E-state index in [4.69, 9.17) is 0 Å². The highest BCUT2D eigenvalue weighted by molar-refractivity contribution is 6.75. The van der Waals surface area contributed by atoms with Gasteiger partial charge in [-0.1, -0.05) is 19.5 Å². The Morgan fingerprint density at radius 1 is 1.25 bits per heavy atom. The molecule has 0 spiro atoms. The van der Waals surface area contributed by atoms with Crippen LogP contribution < -0.4 is 4.98 Å². The molecule has 8 heavy (non-hydrogen) atoms. The van der Waals surface area contributed by atoms with Crippen LogP contribution in [0.5, 0.6) is 0 Å². The predicted octanol–water partition coefficient (Wildman–Crippen LogP) is 1.57. The van der Waals surface area contributed by atoms with Gasteiger partial charge in [-0.25, -0.2) is 0 Å². The van der Waals surface area contributed by atoms with Crippen LogP contribution in [0.2, 0.25) is 19.1 Å². The van der Waals surface area contributed by atoms with E-state index in [1.807, 2.05) is 0 Å². The first-order valence-electron chi connectivity index (χ1n) is 3.46. The van der Waals surface area contributed by atoms with Crippen molar-refractivity contribution in [1.29, 1.82) is 0 Å². The van der Waals surface area contributed by atoms with Gasteiger partial charge in [-0.2, -0.15) is 0 Å². The van der Waals surface area contributed by atoms with Gasteiger partial charge in [0, 0.05) is 0 Å². The minimum atomic E-state index is -0.840. The van der Waals surface area contributed by atoms with Crippen LogP contribution in [-0.2, 0) is 0 Å². The van der Waals surface area contributed by atoms with E-state index in [1.165, 1.54) is 25.4 Å². The van der Waals surface area contributed by atoms with Crippen LogP contribution in [-0.4, -0.2) is 14.8 Å². The summed E-state index contributed by atoms with van der Waals surface area (Å²) in [6.07, 6.45) is 2.86. The molecule has 0 unspecified atom stereocenters. The molecule has 1 aliphatic heterocycles. The van der Waals surface area contributed by atoms with Crippen molar-refractivity contribution in [2.45, 2.75) is 32.0 Å². The van der Waals surface area contributed by atoms with Crippen LogP contribution in [0.4, 0.5) is 0 Å². The van der Waals surface area contributed by atoms with Crippen molar-refractivity contribution >= 4 is 8.24 Å². The third-order valence-corrected chi connectivity index (χ3v) is 4.64. The first-order valence-corrected chi connectivity index (χ1v) is 6.66. The van der Waals surface area contributed by atoms with Crippen molar-refractivity contribution in [2.75, 3.05) is 6.54 Å². The number of hydrogen-bond acceptors (Lipinski definition) is 1. The molecule has 1 N–H and O–H groups in total. The zero-order valence-corrected chi connectivity index (χ0v) is 6.83. The van der Waals surface area contributed by atoms with Crippen LogP contribution in [0.15, 0.2) is 0 Å². The minimum absolute atomic E-state index is 0.840. The first-order chi connectivity index (χ1) is 3.71. The molecule has 1 rings (SSSR count). The maximum Gasteiger partial charge on any atom is 0.119 e. The van der Waals surface area contributed by atoms with Gasteiger partial charge in [0.1, 0.15) is 8.24 Å². The van der Waals surface area contributed by atoms with Gasteiger partial charge >= 0.3 is 0 Å². The van der Waals surface area contributed by atoms with E-state index >= 15 is 0 Å². The van der Waals surface area contributed by atoms with Gasteiger partial charge < -0.3 is 4.98 Å². The fourth-order valence-corrected chi connectivity index (χ4v) is 3.37. The van der Waals surface area contributed by atoms with Crippen LogP contribution in [0, 0.1) is 0 Å². The smallest absolute Gasteiger partial charge is 0.119 e. The van der Waals surface area contributed by atoms with E-state index in [0.29, 0.717) is 0 Å². The number of hydrogen-bond donors (Lipinski definition) is 1. The summed E-state index contributed by atoms with van der Waals surface area (Å²) in [6, 6.07) is 1.48. The van der Waals surface area contributed by atoms with E-state index in [1.54, 1.807) is 0 Å². The average molecular weight is 129 g/mol. The van der Waals surface area contributed by atoms with Gasteiger partial charge in [0.15, 0.2) is 0 Å². The van der Waals surface area contributed by atoms with Crippen molar-refractivity contribution in [3.05, 3.63) is 0 Å². The van der Waals surface area contributed by atoms with Crippen LogP contribution >= 0.6 is 0 Å². The second-order valence-electron chi connectivity index (χ2n) is 3.27. The standard InChI is InChI=1S/C6H15NSi/c1-8(2)6-4-3-5-7-8/h7H,3-6H2,1-2H3. The summed E-state index contributed by atoms with van der Waals surface area (Å²) in [5.74, 6) is 0. The van der Waals surface area contributed by atoms with Crippen molar-refractivity contribution in [3.63, 3.8) is 0 Å². The van der Waals surface area contributed by atoms with Gasteiger partial charge in [-0.3, -0.25) is 0 Å². The maximum absolute atomic E-state index is 3.60. The third-order valence-electron chi connectivity index (χ3n) is 1.83. The molecule has 1 fully saturated rings. The van der Waals surface area contributed by atoms with Gasteiger partial charge in [-0.05, 0) is 19.0 Å². The molecule has 2 heteroatoms. The van der Waals surface area contributed by atoms with Crippen LogP contribution in [0.3, 0.4) is 0 Å². The predicted molar refractivity (Wildman–Crippen MR) is 39.5 cm³/mol. The number of rotatable bonds is 0. The highest BCUT2D eigenvalue weighted by Crippen LogP contribution is 2.14. The topological polar surface area (TPSA) is 12.0 Å². The SMILES string of the molecule is C[Si]1(C)CCCCN1. The van der Waals surface area contributed by atoms with E-state index in [-0.39, 0.29) is 0 Å². The molecule has 0 bridgehead atoms. The lowest BCUT2D eigenvalue weighted by Crippen LogP contribution is -2.47. The quantitative estimate of drug-likeness (QED) is 0.490. The number of nitrogens with one attached hydrogen (secondary N) is 1. The molecule has 0 aliphatic carbocycles. The molecule has 0 aromatic heterocycles. The van der Waals surface area contributed by atoms with E-state index in [2.05, 4.69) is 18.1 Å². The van der Waals surface area contributed by atoms with Crippen molar-refractivity contribution in [1.82, 2.24) is 4.98 Å². The van der Waals surface area contributed by atoms with Crippen LogP contribution in [0.1, 0.15) is 12.8 Å². The fraction of sp³-hybridized carbons (Fsp3) is 1.00. The molecular weight excluding hydrogens is 114 g/mol. The van der Waals surface area contributed by atoms with E-state index < -0.39 is 8.24 Å². The molecule has 0 aromatic rings. The third kappa shape index (κ3) is 1.60. The molecule has 1 aliphatic rings. The second kappa shape index (κ2) is 2.19. The molecule has 1 nitrogen and oxygen atoms in total. The molecule has 1 heterocycles. The highest BCUT2D eigenvalue weighted by atomic mass is 28.3. The summed E-state index contributed by atoms with van der Waals surface area (Å²) >= 11 is 0. The first kappa shape index (κ1) is 6.30. The lowest BCUT2D eigenvalue weighted by Gasteiger charge is -2.28. The van der Waals surface area contributed by atoms with Crippen molar-refractivity contribution in [3.8, 4) is 0 Å². The molecule has 0 saturated carbocycles. The average Bonchev–Trinajstić information content (AvgIpc) is 1.65. The van der Waals surface area contributed by atoms with Gasteiger partial charge in [0.05, 0.1) is 0 Å². The molecule has 0 radical (unpaired) electrons. The summed E-state index contributed by atoms with van der Waals surface area (Å²) < 4.78 is 0. The molecule has 1 saturated heterocycles. The summed E-state index contributed by atoms with van der Waals surface area (Å²) in [7, 11) is -0.840. The van der Waals surface area contributed by atoms with Gasteiger partial charge in [0.25, 0.3) is 0 Å². The Balaban J connectivity index is 2.33. The van der Waals surface area contributed by atoms with Gasteiger partial charge in [-0.15, -0.1) is 0 Å². The lowest BCUT2D eigenvalue weighted by molar-refractivity contribution is 0.695.